The Bertz CT molecular complexity index is 968. The van der Waals surface area contributed by atoms with Gasteiger partial charge in [0.05, 0.1) is 4.90 Å². The first-order valence-corrected chi connectivity index (χ1v) is 9.34. The summed E-state index contributed by atoms with van der Waals surface area (Å²) in [7, 11) is -3.65. The molecule has 0 spiro atoms. The predicted molar refractivity (Wildman–Crippen MR) is 97.0 cm³/mol. The molecular formula is C20H18FNO2S. The van der Waals surface area contributed by atoms with Gasteiger partial charge in [-0.15, -0.1) is 0 Å². The minimum Gasteiger partial charge on any atom is -0.207 e. The highest BCUT2D eigenvalue weighted by Gasteiger charge is 2.14. The number of hydrogen-bond donors (Lipinski definition) is 1. The molecule has 25 heavy (non-hydrogen) atoms. The Labute approximate surface area is 147 Å². The molecular weight excluding hydrogens is 337 g/mol. The molecule has 3 rings (SSSR count). The Hall–Kier alpha value is -2.50. The molecule has 0 saturated carbocycles. The lowest BCUT2D eigenvalue weighted by atomic mass is 10.1. The van der Waals surface area contributed by atoms with Gasteiger partial charge in [0, 0.05) is 6.54 Å². The van der Waals surface area contributed by atoms with Gasteiger partial charge in [0.15, 0.2) is 0 Å². The van der Waals surface area contributed by atoms with E-state index in [0.717, 1.165) is 11.1 Å². The number of sulfonamides is 1. The van der Waals surface area contributed by atoms with Gasteiger partial charge in [-0.1, -0.05) is 54.6 Å². The van der Waals surface area contributed by atoms with Crippen LogP contribution in [0, 0.1) is 12.7 Å². The molecule has 0 aliphatic carbocycles. The van der Waals surface area contributed by atoms with Crippen LogP contribution < -0.4 is 4.72 Å². The van der Waals surface area contributed by atoms with E-state index in [4.69, 9.17) is 0 Å². The van der Waals surface area contributed by atoms with E-state index >= 15 is 0 Å². The van der Waals surface area contributed by atoms with Crippen LogP contribution in [0.2, 0.25) is 0 Å². The monoisotopic (exact) mass is 355 g/mol. The number of nitrogens with one attached hydrogen (secondary N) is 1. The number of hydrogen-bond acceptors (Lipinski definition) is 2. The lowest BCUT2D eigenvalue weighted by Gasteiger charge is -2.09. The molecule has 0 radical (unpaired) electrons. The van der Waals surface area contributed by atoms with Gasteiger partial charge in [-0.2, -0.15) is 0 Å². The van der Waals surface area contributed by atoms with Crippen molar-refractivity contribution < 1.29 is 12.8 Å². The molecule has 1 N–H and O–H groups in total. The van der Waals surface area contributed by atoms with Crippen LogP contribution >= 0.6 is 0 Å². The molecule has 0 aromatic heterocycles. The lowest BCUT2D eigenvalue weighted by Crippen LogP contribution is -2.23. The third kappa shape index (κ3) is 4.13. The molecule has 0 bridgehead atoms. The molecule has 0 aliphatic rings. The smallest absolute Gasteiger partial charge is 0.207 e. The fourth-order valence-electron chi connectivity index (χ4n) is 2.47. The third-order valence-corrected chi connectivity index (χ3v) is 5.39. The summed E-state index contributed by atoms with van der Waals surface area (Å²) in [5.41, 5.74) is 3.07. The Morgan fingerprint density at radius 1 is 0.880 bits per heavy atom. The van der Waals surface area contributed by atoms with E-state index in [1.165, 1.54) is 6.07 Å². The molecule has 0 aliphatic heterocycles. The lowest BCUT2D eigenvalue weighted by molar-refractivity contribution is 0.580. The van der Waals surface area contributed by atoms with Crippen molar-refractivity contribution in [1.82, 2.24) is 4.72 Å². The van der Waals surface area contributed by atoms with E-state index in [0.29, 0.717) is 11.1 Å². The van der Waals surface area contributed by atoms with E-state index in [9.17, 15) is 12.8 Å². The van der Waals surface area contributed by atoms with Crippen molar-refractivity contribution in [1.29, 1.82) is 0 Å². The molecule has 0 saturated heterocycles. The average molecular weight is 355 g/mol. The minimum atomic E-state index is -3.65. The number of rotatable bonds is 5. The molecule has 0 unspecified atom stereocenters. The van der Waals surface area contributed by atoms with Gasteiger partial charge in [-0.25, -0.2) is 17.5 Å². The third-order valence-electron chi connectivity index (χ3n) is 3.97. The summed E-state index contributed by atoms with van der Waals surface area (Å²) in [6.07, 6.45) is 0. The topological polar surface area (TPSA) is 46.2 Å². The van der Waals surface area contributed by atoms with Crippen molar-refractivity contribution in [2.75, 3.05) is 0 Å². The zero-order valence-corrected chi connectivity index (χ0v) is 14.6. The summed E-state index contributed by atoms with van der Waals surface area (Å²) in [6.45, 7) is 1.71. The van der Waals surface area contributed by atoms with Crippen molar-refractivity contribution in [2.45, 2.75) is 18.4 Å². The number of aryl methyl sites for hydroxylation is 1. The summed E-state index contributed by atoms with van der Waals surface area (Å²) in [4.78, 5) is 0.180. The van der Waals surface area contributed by atoms with Crippen LogP contribution in [0.15, 0.2) is 77.7 Å². The molecule has 0 heterocycles. The Morgan fingerprint density at radius 3 is 2.16 bits per heavy atom. The first kappa shape index (κ1) is 17.3. The molecule has 5 heteroatoms. The van der Waals surface area contributed by atoms with Crippen LogP contribution in [0.3, 0.4) is 0 Å². The molecule has 3 aromatic rings. The van der Waals surface area contributed by atoms with Crippen molar-refractivity contribution in [2.24, 2.45) is 0 Å². The predicted octanol–water partition coefficient (Wildman–Crippen LogP) is 4.28. The minimum absolute atomic E-state index is 0.0416. The van der Waals surface area contributed by atoms with E-state index < -0.39 is 10.0 Å². The van der Waals surface area contributed by atoms with Crippen molar-refractivity contribution in [3.8, 4) is 11.1 Å². The van der Waals surface area contributed by atoms with Gasteiger partial charge < -0.3 is 0 Å². The van der Waals surface area contributed by atoms with Crippen LogP contribution in [0.1, 0.15) is 11.1 Å². The average Bonchev–Trinajstić information content (AvgIpc) is 2.64. The maximum absolute atomic E-state index is 13.6. The maximum Gasteiger partial charge on any atom is 0.240 e. The van der Waals surface area contributed by atoms with Crippen molar-refractivity contribution in [3.05, 3.63) is 89.7 Å². The fraction of sp³-hybridized carbons (Fsp3) is 0.100. The van der Waals surface area contributed by atoms with Crippen LogP contribution in [0.4, 0.5) is 4.39 Å². The van der Waals surface area contributed by atoms with E-state index in [1.807, 2.05) is 30.3 Å². The van der Waals surface area contributed by atoms with Gasteiger partial charge in [0.1, 0.15) is 5.82 Å². The standard InChI is InChI=1S/C20H18FNO2S/c1-15-7-8-16(13-20(15)21)14-22-25(23,24)19-11-9-18(10-12-19)17-5-3-2-4-6-17/h2-13,22H,14H2,1H3. The highest BCUT2D eigenvalue weighted by Crippen LogP contribution is 2.21. The molecule has 0 atom stereocenters. The molecule has 0 amide bonds. The second-order valence-electron chi connectivity index (χ2n) is 5.80. The largest absolute Gasteiger partial charge is 0.240 e. The van der Waals surface area contributed by atoms with Gasteiger partial charge in [0.2, 0.25) is 10.0 Å². The van der Waals surface area contributed by atoms with Crippen LogP contribution in [0.25, 0.3) is 11.1 Å². The second-order valence-corrected chi connectivity index (χ2v) is 7.57. The summed E-state index contributed by atoms with van der Waals surface area (Å²) in [5.74, 6) is -0.344. The normalized spacial score (nSPS) is 11.4. The Kier molecular flexibility index (Phi) is 4.97. The SMILES string of the molecule is Cc1ccc(CNS(=O)(=O)c2ccc(-c3ccccc3)cc2)cc1F. The quantitative estimate of drug-likeness (QED) is 0.742. The second kappa shape index (κ2) is 7.17. The van der Waals surface area contributed by atoms with E-state index in [2.05, 4.69) is 4.72 Å². The summed E-state index contributed by atoms with van der Waals surface area (Å²) in [6, 6.07) is 21.1. The van der Waals surface area contributed by atoms with E-state index in [-0.39, 0.29) is 17.3 Å². The Balaban J connectivity index is 1.74. The highest BCUT2D eigenvalue weighted by molar-refractivity contribution is 7.89. The van der Waals surface area contributed by atoms with E-state index in [1.54, 1.807) is 43.3 Å². The van der Waals surface area contributed by atoms with Crippen LogP contribution in [0.5, 0.6) is 0 Å². The fourth-order valence-corrected chi connectivity index (χ4v) is 3.48. The van der Waals surface area contributed by atoms with Crippen molar-refractivity contribution in [3.63, 3.8) is 0 Å². The van der Waals surface area contributed by atoms with Crippen LogP contribution in [-0.2, 0) is 16.6 Å². The van der Waals surface area contributed by atoms with Gasteiger partial charge in [-0.05, 0) is 47.4 Å². The summed E-state index contributed by atoms with van der Waals surface area (Å²) < 4.78 is 40.9. The molecule has 3 nitrogen and oxygen atoms in total. The molecule has 3 aromatic carbocycles. The van der Waals surface area contributed by atoms with Crippen molar-refractivity contribution >= 4 is 10.0 Å². The summed E-state index contributed by atoms with van der Waals surface area (Å²) in [5, 5.41) is 0. The van der Waals surface area contributed by atoms with Gasteiger partial charge in [-0.3, -0.25) is 0 Å². The van der Waals surface area contributed by atoms with Gasteiger partial charge in [0.25, 0.3) is 0 Å². The van der Waals surface area contributed by atoms with Crippen LogP contribution in [-0.4, -0.2) is 8.42 Å². The Morgan fingerprint density at radius 2 is 1.52 bits per heavy atom. The first-order chi connectivity index (χ1) is 12.0. The first-order valence-electron chi connectivity index (χ1n) is 7.86. The molecule has 128 valence electrons. The zero-order chi connectivity index (χ0) is 17.9. The maximum atomic E-state index is 13.6. The van der Waals surface area contributed by atoms with Gasteiger partial charge >= 0.3 is 0 Å². The number of halogens is 1. The highest BCUT2D eigenvalue weighted by atomic mass is 32.2. The summed E-state index contributed by atoms with van der Waals surface area (Å²) >= 11 is 0. The number of benzene rings is 3. The zero-order valence-electron chi connectivity index (χ0n) is 13.7. The molecule has 0 fully saturated rings.